The minimum atomic E-state index is -0.509. The Morgan fingerprint density at radius 2 is 1.82 bits per heavy atom. The van der Waals surface area contributed by atoms with Gasteiger partial charge < -0.3 is 10.1 Å². The number of halogens is 1. The minimum Gasteiger partial charge on any atom is -0.452 e. The lowest BCUT2D eigenvalue weighted by Gasteiger charge is -2.33. The number of carbonyl (C=O) groups is 2. The summed E-state index contributed by atoms with van der Waals surface area (Å²) in [4.78, 5) is 23.8. The van der Waals surface area contributed by atoms with Crippen molar-refractivity contribution in [3.05, 3.63) is 34.3 Å². The van der Waals surface area contributed by atoms with Gasteiger partial charge in [-0.25, -0.2) is 4.79 Å². The van der Waals surface area contributed by atoms with Gasteiger partial charge in [-0.05, 0) is 43.9 Å². The van der Waals surface area contributed by atoms with Crippen LogP contribution in [-0.2, 0) is 9.53 Å². The van der Waals surface area contributed by atoms with E-state index in [-0.39, 0.29) is 23.5 Å². The van der Waals surface area contributed by atoms with Crippen LogP contribution in [0.2, 0.25) is 0 Å². The van der Waals surface area contributed by atoms with Crippen LogP contribution < -0.4 is 5.32 Å². The average molecular weight is 370 g/mol. The van der Waals surface area contributed by atoms with E-state index in [1.54, 1.807) is 18.2 Å². The van der Waals surface area contributed by atoms with Gasteiger partial charge in [-0.15, -0.1) is 0 Å². The molecule has 122 valence electrons. The molecular weight excluding hydrogens is 346 g/mol. The number of amides is 1. The maximum Gasteiger partial charge on any atom is 0.338 e. The Balaban J connectivity index is 2.51. The number of benzene rings is 1. The highest BCUT2D eigenvalue weighted by Crippen LogP contribution is 2.26. The van der Waals surface area contributed by atoms with Crippen molar-refractivity contribution in [3.8, 4) is 0 Å². The minimum absolute atomic E-state index is 0.101. The first-order chi connectivity index (χ1) is 9.98. The SMILES string of the molecule is CC(C)(C)CC(C)(C)NC(=O)COC(=O)c1cccc(Br)c1. The van der Waals surface area contributed by atoms with Crippen molar-refractivity contribution in [2.45, 2.75) is 46.6 Å². The Bertz CT molecular complexity index is 547. The molecule has 0 radical (unpaired) electrons. The number of hydrogen-bond acceptors (Lipinski definition) is 3. The summed E-state index contributed by atoms with van der Waals surface area (Å²) in [5, 5.41) is 2.91. The second-order valence-electron chi connectivity index (χ2n) is 7.26. The number of nitrogens with one attached hydrogen (secondary N) is 1. The molecule has 0 bridgehead atoms. The van der Waals surface area contributed by atoms with Crippen LogP contribution in [0, 0.1) is 5.41 Å². The van der Waals surface area contributed by atoms with Crippen LogP contribution in [0.4, 0.5) is 0 Å². The van der Waals surface area contributed by atoms with E-state index in [0.29, 0.717) is 5.56 Å². The van der Waals surface area contributed by atoms with Crippen molar-refractivity contribution in [2.75, 3.05) is 6.61 Å². The third-order valence-electron chi connectivity index (χ3n) is 2.84. The molecule has 0 unspecified atom stereocenters. The van der Waals surface area contributed by atoms with Gasteiger partial charge in [0.05, 0.1) is 5.56 Å². The van der Waals surface area contributed by atoms with Gasteiger partial charge in [0.1, 0.15) is 0 Å². The Morgan fingerprint density at radius 3 is 2.36 bits per heavy atom. The quantitative estimate of drug-likeness (QED) is 0.799. The normalized spacial score (nSPS) is 11.9. The number of hydrogen-bond donors (Lipinski definition) is 1. The van der Waals surface area contributed by atoms with Crippen LogP contribution >= 0.6 is 15.9 Å². The molecule has 1 aromatic rings. The molecule has 0 spiro atoms. The van der Waals surface area contributed by atoms with E-state index in [1.165, 1.54) is 0 Å². The molecule has 0 atom stereocenters. The van der Waals surface area contributed by atoms with Crippen molar-refractivity contribution >= 4 is 27.8 Å². The predicted octanol–water partition coefficient (Wildman–Crippen LogP) is 3.94. The maximum atomic E-state index is 11.9. The molecule has 5 heteroatoms. The van der Waals surface area contributed by atoms with Gasteiger partial charge in [0.15, 0.2) is 6.61 Å². The van der Waals surface area contributed by atoms with E-state index in [1.807, 2.05) is 19.9 Å². The molecule has 1 rings (SSSR count). The van der Waals surface area contributed by atoms with Gasteiger partial charge in [-0.2, -0.15) is 0 Å². The maximum absolute atomic E-state index is 11.9. The lowest BCUT2D eigenvalue weighted by atomic mass is 9.82. The number of esters is 1. The number of carbonyl (C=O) groups excluding carboxylic acids is 2. The van der Waals surface area contributed by atoms with Crippen molar-refractivity contribution < 1.29 is 14.3 Å². The first-order valence-electron chi connectivity index (χ1n) is 7.22. The van der Waals surface area contributed by atoms with E-state index in [4.69, 9.17) is 4.74 Å². The number of rotatable bonds is 5. The molecule has 0 saturated heterocycles. The average Bonchev–Trinajstić information content (AvgIpc) is 2.32. The zero-order chi connectivity index (χ0) is 17.0. The fourth-order valence-electron chi connectivity index (χ4n) is 2.61. The summed E-state index contributed by atoms with van der Waals surface area (Å²) in [6.45, 7) is 10.0. The molecule has 0 aromatic heterocycles. The molecule has 4 nitrogen and oxygen atoms in total. The topological polar surface area (TPSA) is 55.4 Å². The molecule has 0 heterocycles. The van der Waals surface area contributed by atoms with Crippen LogP contribution in [0.1, 0.15) is 51.4 Å². The van der Waals surface area contributed by atoms with E-state index in [0.717, 1.165) is 10.9 Å². The van der Waals surface area contributed by atoms with Gasteiger partial charge >= 0.3 is 5.97 Å². The Morgan fingerprint density at radius 1 is 1.18 bits per heavy atom. The predicted molar refractivity (Wildman–Crippen MR) is 90.7 cm³/mol. The highest BCUT2D eigenvalue weighted by atomic mass is 79.9. The van der Waals surface area contributed by atoms with Crippen molar-refractivity contribution in [2.24, 2.45) is 5.41 Å². The van der Waals surface area contributed by atoms with E-state index < -0.39 is 5.97 Å². The lowest BCUT2D eigenvalue weighted by Crippen LogP contribution is -2.47. The van der Waals surface area contributed by atoms with Gasteiger partial charge in [0.2, 0.25) is 0 Å². The third-order valence-corrected chi connectivity index (χ3v) is 3.34. The third kappa shape index (κ3) is 7.07. The lowest BCUT2D eigenvalue weighted by molar-refractivity contribution is -0.126. The van der Waals surface area contributed by atoms with Crippen LogP contribution in [-0.4, -0.2) is 24.0 Å². The van der Waals surface area contributed by atoms with Gasteiger partial charge in [0, 0.05) is 10.0 Å². The summed E-state index contributed by atoms with van der Waals surface area (Å²) in [6, 6.07) is 6.87. The standard InChI is InChI=1S/C17H24BrNO3/c1-16(2,3)11-17(4,5)19-14(20)10-22-15(21)12-7-6-8-13(18)9-12/h6-9H,10-11H2,1-5H3,(H,19,20). The molecule has 1 N–H and O–H groups in total. The zero-order valence-electron chi connectivity index (χ0n) is 13.8. The first kappa shape index (κ1) is 18.7. The van der Waals surface area contributed by atoms with E-state index in [2.05, 4.69) is 42.0 Å². The fraction of sp³-hybridized carbons (Fsp3) is 0.529. The molecule has 0 aliphatic carbocycles. The summed E-state index contributed by atoms with van der Waals surface area (Å²) in [5.41, 5.74) is 0.164. The summed E-state index contributed by atoms with van der Waals surface area (Å²) in [6.07, 6.45) is 0.825. The monoisotopic (exact) mass is 369 g/mol. The molecule has 0 saturated carbocycles. The first-order valence-corrected chi connectivity index (χ1v) is 8.02. The summed E-state index contributed by atoms with van der Waals surface area (Å²) >= 11 is 3.29. The second-order valence-corrected chi connectivity index (χ2v) is 8.17. The van der Waals surface area contributed by atoms with Crippen LogP contribution in [0.25, 0.3) is 0 Å². The van der Waals surface area contributed by atoms with Crippen LogP contribution in [0.15, 0.2) is 28.7 Å². The second kappa shape index (κ2) is 7.27. The smallest absolute Gasteiger partial charge is 0.338 e. The molecule has 1 aromatic carbocycles. The van der Waals surface area contributed by atoms with Crippen molar-refractivity contribution in [3.63, 3.8) is 0 Å². The van der Waals surface area contributed by atoms with Gasteiger partial charge in [-0.3, -0.25) is 4.79 Å². The molecule has 0 fully saturated rings. The summed E-state index contributed by atoms with van der Waals surface area (Å²) in [5.74, 6) is -0.803. The van der Waals surface area contributed by atoms with Crippen LogP contribution in [0.5, 0.6) is 0 Å². The molecule has 22 heavy (non-hydrogen) atoms. The Kier molecular flexibility index (Phi) is 6.17. The largest absolute Gasteiger partial charge is 0.452 e. The highest BCUT2D eigenvalue weighted by molar-refractivity contribution is 9.10. The summed E-state index contributed by atoms with van der Waals surface area (Å²) < 4.78 is 5.84. The van der Waals surface area contributed by atoms with Gasteiger partial charge in [-0.1, -0.05) is 42.8 Å². The molecule has 0 aliphatic rings. The zero-order valence-corrected chi connectivity index (χ0v) is 15.4. The highest BCUT2D eigenvalue weighted by Gasteiger charge is 2.27. The molecule has 0 aliphatic heterocycles. The van der Waals surface area contributed by atoms with Crippen molar-refractivity contribution in [1.29, 1.82) is 0 Å². The van der Waals surface area contributed by atoms with E-state index in [9.17, 15) is 9.59 Å². The Hall–Kier alpha value is -1.36. The fourth-order valence-corrected chi connectivity index (χ4v) is 3.01. The molecule has 1 amide bonds. The summed E-state index contributed by atoms with van der Waals surface area (Å²) in [7, 11) is 0. The van der Waals surface area contributed by atoms with Crippen LogP contribution in [0.3, 0.4) is 0 Å². The van der Waals surface area contributed by atoms with Gasteiger partial charge in [0.25, 0.3) is 5.91 Å². The molecular formula is C17H24BrNO3. The number of ether oxygens (including phenoxy) is 1. The van der Waals surface area contributed by atoms with E-state index >= 15 is 0 Å². The Labute approximate surface area is 140 Å². The van der Waals surface area contributed by atoms with Crippen molar-refractivity contribution in [1.82, 2.24) is 5.32 Å².